The van der Waals surface area contributed by atoms with E-state index in [1.54, 1.807) is 25.3 Å². The number of ether oxygens (including phenoxy) is 1. The number of ketones is 1. The fourth-order valence-corrected chi connectivity index (χ4v) is 3.38. The van der Waals surface area contributed by atoms with E-state index in [0.29, 0.717) is 23.4 Å². The summed E-state index contributed by atoms with van der Waals surface area (Å²) in [6.45, 7) is 8.10. The van der Waals surface area contributed by atoms with Crippen molar-refractivity contribution in [3.8, 4) is 5.75 Å². The Morgan fingerprint density at radius 2 is 1.75 bits per heavy atom. The highest BCUT2D eigenvalue weighted by atomic mass is 16.5. The SMILES string of the molecule is CCN(CC)C(CNC(=O)Cc1cc(C(C)=O)ccc1OC)c1ccccc1. The third kappa shape index (κ3) is 5.67. The summed E-state index contributed by atoms with van der Waals surface area (Å²) >= 11 is 0. The van der Waals surface area contributed by atoms with Crippen LogP contribution in [-0.2, 0) is 11.2 Å². The highest BCUT2D eigenvalue weighted by molar-refractivity contribution is 5.94. The maximum atomic E-state index is 12.6. The molecule has 2 aromatic rings. The molecule has 150 valence electrons. The number of rotatable bonds is 10. The van der Waals surface area contributed by atoms with Gasteiger partial charge in [-0.15, -0.1) is 0 Å². The molecule has 1 atom stereocenters. The largest absolute Gasteiger partial charge is 0.496 e. The molecule has 0 spiro atoms. The first-order valence-corrected chi connectivity index (χ1v) is 9.73. The number of likely N-dealkylation sites (N-methyl/N-ethyl adjacent to an activating group) is 1. The fourth-order valence-electron chi connectivity index (χ4n) is 3.38. The van der Waals surface area contributed by atoms with Gasteiger partial charge in [-0.1, -0.05) is 44.2 Å². The number of benzene rings is 2. The number of carbonyl (C=O) groups is 2. The van der Waals surface area contributed by atoms with Crippen molar-refractivity contribution in [1.82, 2.24) is 10.2 Å². The quantitative estimate of drug-likeness (QED) is 0.638. The topological polar surface area (TPSA) is 58.6 Å². The van der Waals surface area contributed by atoms with Gasteiger partial charge in [0.2, 0.25) is 5.91 Å². The van der Waals surface area contributed by atoms with Crippen LogP contribution in [0.4, 0.5) is 0 Å². The van der Waals surface area contributed by atoms with E-state index in [2.05, 4.69) is 36.2 Å². The van der Waals surface area contributed by atoms with Crippen molar-refractivity contribution in [2.24, 2.45) is 0 Å². The Morgan fingerprint density at radius 1 is 1.07 bits per heavy atom. The zero-order valence-electron chi connectivity index (χ0n) is 17.2. The molecular formula is C23H30N2O3. The Balaban J connectivity index is 2.11. The maximum absolute atomic E-state index is 12.6. The van der Waals surface area contributed by atoms with Gasteiger partial charge in [0.15, 0.2) is 5.78 Å². The minimum Gasteiger partial charge on any atom is -0.496 e. The van der Waals surface area contributed by atoms with Gasteiger partial charge in [-0.3, -0.25) is 14.5 Å². The first-order chi connectivity index (χ1) is 13.5. The number of hydrogen-bond donors (Lipinski definition) is 1. The lowest BCUT2D eigenvalue weighted by Crippen LogP contribution is -2.38. The number of nitrogens with zero attached hydrogens (tertiary/aromatic N) is 1. The van der Waals surface area contributed by atoms with Crippen LogP contribution < -0.4 is 10.1 Å². The summed E-state index contributed by atoms with van der Waals surface area (Å²) in [5.41, 5.74) is 2.48. The normalized spacial score (nSPS) is 11.9. The lowest BCUT2D eigenvalue weighted by atomic mass is 10.0. The third-order valence-corrected chi connectivity index (χ3v) is 4.97. The van der Waals surface area contributed by atoms with E-state index >= 15 is 0 Å². The predicted octanol–water partition coefficient (Wildman–Crippen LogP) is 3.64. The molecule has 5 nitrogen and oxygen atoms in total. The van der Waals surface area contributed by atoms with Crippen LogP contribution in [0.5, 0.6) is 5.75 Å². The van der Waals surface area contributed by atoms with Gasteiger partial charge < -0.3 is 10.1 Å². The average molecular weight is 383 g/mol. The molecule has 0 aliphatic rings. The van der Waals surface area contributed by atoms with Crippen LogP contribution in [0.2, 0.25) is 0 Å². The van der Waals surface area contributed by atoms with Crippen molar-refractivity contribution >= 4 is 11.7 Å². The molecule has 0 aliphatic carbocycles. The van der Waals surface area contributed by atoms with Crippen molar-refractivity contribution in [1.29, 1.82) is 0 Å². The summed E-state index contributed by atoms with van der Waals surface area (Å²) in [5, 5.41) is 3.06. The summed E-state index contributed by atoms with van der Waals surface area (Å²) in [6, 6.07) is 15.5. The van der Waals surface area contributed by atoms with E-state index in [-0.39, 0.29) is 24.2 Å². The van der Waals surface area contributed by atoms with Crippen molar-refractivity contribution in [2.75, 3.05) is 26.7 Å². The minimum absolute atomic E-state index is 0.0324. The van der Waals surface area contributed by atoms with Gasteiger partial charge in [-0.25, -0.2) is 0 Å². The van der Waals surface area contributed by atoms with E-state index < -0.39 is 0 Å². The highest BCUT2D eigenvalue weighted by Crippen LogP contribution is 2.22. The van der Waals surface area contributed by atoms with Crippen LogP contribution in [0, 0.1) is 0 Å². The molecule has 0 bridgehead atoms. The van der Waals surface area contributed by atoms with Crippen molar-refractivity contribution in [3.63, 3.8) is 0 Å². The first kappa shape index (κ1) is 21.6. The molecule has 2 aromatic carbocycles. The number of Topliss-reactive ketones (excluding diaryl/α,β-unsaturated/α-hetero) is 1. The predicted molar refractivity (Wildman–Crippen MR) is 112 cm³/mol. The molecule has 0 aliphatic heterocycles. The zero-order valence-corrected chi connectivity index (χ0v) is 17.2. The Kier molecular flexibility index (Phi) is 8.20. The standard InChI is InChI=1S/C23H30N2O3/c1-5-25(6-2)21(18-10-8-7-9-11-18)16-24-23(27)15-20-14-19(17(3)26)12-13-22(20)28-4/h7-14,21H,5-6,15-16H2,1-4H3,(H,24,27). The van der Waals surface area contributed by atoms with Gasteiger partial charge in [0.05, 0.1) is 19.6 Å². The van der Waals surface area contributed by atoms with Gasteiger partial charge >= 0.3 is 0 Å². The smallest absolute Gasteiger partial charge is 0.224 e. The van der Waals surface area contributed by atoms with Crippen LogP contribution in [0.15, 0.2) is 48.5 Å². The summed E-state index contributed by atoms with van der Waals surface area (Å²) in [6.07, 6.45) is 0.171. The Hall–Kier alpha value is -2.66. The molecule has 5 heteroatoms. The number of nitrogens with one attached hydrogen (secondary N) is 1. The highest BCUT2D eigenvalue weighted by Gasteiger charge is 2.19. The molecule has 28 heavy (non-hydrogen) atoms. The Morgan fingerprint density at radius 3 is 2.32 bits per heavy atom. The van der Waals surface area contributed by atoms with Crippen LogP contribution in [0.25, 0.3) is 0 Å². The molecule has 0 fully saturated rings. The van der Waals surface area contributed by atoms with Crippen LogP contribution >= 0.6 is 0 Å². The third-order valence-electron chi connectivity index (χ3n) is 4.97. The molecule has 1 N–H and O–H groups in total. The van der Waals surface area contributed by atoms with E-state index in [4.69, 9.17) is 4.74 Å². The molecule has 1 amide bonds. The second kappa shape index (κ2) is 10.6. The van der Waals surface area contributed by atoms with E-state index in [9.17, 15) is 9.59 Å². The lowest BCUT2D eigenvalue weighted by Gasteiger charge is -2.30. The second-order valence-corrected chi connectivity index (χ2v) is 6.71. The molecule has 1 unspecified atom stereocenters. The summed E-state index contributed by atoms with van der Waals surface area (Å²) in [4.78, 5) is 26.6. The average Bonchev–Trinajstić information content (AvgIpc) is 2.71. The van der Waals surface area contributed by atoms with Crippen molar-refractivity contribution in [3.05, 3.63) is 65.2 Å². The van der Waals surface area contributed by atoms with Crippen LogP contribution in [0.1, 0.15) is 48.3 Å². The van der Waals surface area contributed by atoms with Crippen LogP contribution in [-0.4, -0.2) is 43.3 Å². The Bertz CT molecular complexity index is 786. The molecule has 0 radical (unpaired) electrons. The van der Waals surface area contributed by atoms with Gasteiger partial charge in [0, 0.05) is 17.7 Å². The summed E-state index contributed by atoms with van der Waals surface area (Å²) in [5.74, 6) is 0.491. The van der Waals surface area contributed by atoms with Crippen molar-refractivity contribution in [2.45, 2.75) is 33.2 Å². The molecule has 0 saturated heterocycles. The van der Waals surface area contributed by atoms with Gasteiger partial charge in [-0.05, 0) is 43.8 Å². The zero-order chi connectivity index (χ0) is 20.5. The summed E-state index contributed by atoms with van der Waals surface area (Å²) < 4.78 is 5.35. The number of carbonyl (C=O) groups excluding carboxylic acids is 2. The van der Waals surface area contributed by atoms with Crippen molar-refractivity contribution < 1.29 is 14.3 Å². The maximum Gasteiger partial charge on any atom is 0.224 e. The first-order valence-electron chi connectivity index (χ1n) is 9.73. The van der Waals surface area contributed by atoms with Gasteiger partial charge in [0.1, 0.15) is 5.75 Å². The van der Waals surface area contributed by atoms with Gasteiger partial charge in [-0.2, -0.15) is 0 Å². The molecule has 2 rings (SSSR count). The summed E-state index contributed by atoms with van der Waals surface area (Å²) in [7, 11) is 1.57. The van der Waals surface area contributed by atoms with E-state index in [1.807, 2.05) is 18.2 Å². The lowest BCUT2D eigenvalue weighted by molar-refractivity contribution is -0.120. The van der Waals surface area contributed by atoms with E-state index in [1.165, 1.54) is 12.5 Å². The van der Waals surface area contributed by atoms with Crippen LogP contribution in [0.3, 0.4) is 0 Å². The number of amides is 1. The number of hydrogen-bond acceptors (Lipinski definition) is 4. The molecular weight excluding hydrogens is 352 g/mol. The minimum atomic E-state index is -0.0907. The molecule has 0 aromatic heterocycles. The fraction of sp³-hybridized carbons (Fsp3) is 0.391. The molecule has 0 heterocycles. The number of methoxy groups -OCH3 is 1. The Labute approximate surface area is 167 Å². The molecule has 0 saturated carbocycles. The van der Waals surface area contributed by atoms with Gasteiger partial charge in [0.25, 0.3) is 0 Å². The monoisotopic (exact) mass is 382 g/mol. The second-order valence-electron chi connectivity index (χ2n) is 6.71. The van der Waals surface area contributed by atoms with E-state index in [0.717, 1.165) is 13.1 Å².